The Balaban J connectivity index is 2.75. The molecule has 1 rings (SSSR count). The van der Waals surface area contributed by atoms with Crippen molar-refractivity contribution in [1.29, 1.82) is 0 Å². The van der Waals surface area contributed by atoms with Crippen molar-refractivity contribution in [3.63, 3.8) is 0 Å². The number of halogens is 3. The molecule has 3 nitrogen and oxygen atoms in total. The second-order valence-electron chi connectivity index (χ2n) is 3.02. The Bertz CT molecular complexity index is 314. The maximum absolute atomic E-state index is 12.8. The highest BCUT2D eigenvalue weighted by Gasteiger charge is 2.30. The maximum Gasteiger partial charge on any atom is 0.264 e. The van der Waals surface area contributed by atoms with Crippen LogP contribution < -0.4 is 5.32 Å². The lowest BCUT2D eigenvalue weighted by atomic mass is 10.2. The van der Waals surface area contributed by atoms with Gasteiger partial charge in [-0.05, 0) is 6.92 Å². The Morgan fingerprint density at radius 3 is 2.50 bits per heavy atom. The molecule has 6 heteroatoms. The van der Waals surface area contributed by atoms with Crippen LogP contribution in [0.25, 0.3) is 0 Å². The predicted octanol–water partition coefficient (Wildman–Crippen LogP) is 2.59. The summed E-state index contributed by atoms with van der Waals surface area (Å²) in [6.45, 7) is 2.18. The van der Waals surface area contributed by atoms with Crippen LogP contribution in [0.1, 0.15) is 13.8 Å². The molecule has 0 aliphatic carbocycles. The van der Waals surface area contributed by atoms with E-state index in [1.807, 2.05) is 0 Å². The molecule has 0 aliphatic heterocycles. The fraction of sp³-hybridized carbons (Fsp3) is 0.500. The van der Waals surface area contributed by atoms with Crippen LogP contribution in [0.3, 0.4) is 0 Å². The first-order chi connectivity index (χ1) is 6.41. The molecule has 0 bridgehead atoms. The number of aromatic nitrogens is 2. The van der Waals surface area contributed by atoms with Gasteiger partial charge >= 0.3 is 0 Å². The van der Waals surface area contributed by atoms with Gasteiger partial charge in [-0.25, -0.2) is 18.7 Å². The van der Waals surface area contributed by atoms with Crippen LogP contribution in [-0.4, -0.2) is 21.9 Å². The van der Waals surface area contributed by atoms with Gasteiger partial charge in [-0.1, -0.05) is 11.6 Å². The molecule has 0 saturated heterocycles. The van der Waals surface area contributed by atoms with Crippen molar-refractivity contribution in [3.8, 4) is 0 Å². The Labute approximate surface area is 85.5 Å². The third-order valence-electron chi connectivity index (χ3n) is 1.77. The number of nitrogens with one attached hydrogen (secondary N) is 1. The number of alkyl halides is 2. The third-order valence-corrected chi connectivity index (χ3v) is 2.04. The van der Waals surface area contributed by atoms with Gasteiger partial charge < -0.3 is 5.32 Å². The molecule has 1 aromatic rings. The lowest BCUT2D eigenvalue weighted by Gasteiger charge is -2.21. The summed E-state index contributed by atoms with van der Waals surface area (Å²) in [5.41, 5.74) is 0. The van der Waals surface area contributed by atoms with Gasteiger partial charge in [-0.3, -0.25) is 0 Å². The minimum atomic E-state index is -2.83. The van der Waals surface area contributed by atoms with Crippen molar-refractivity contribution in [2.24, 2.45) is 0 Å². The van der Waals surface area contributed by atoms with E-state index in [1.165, 1.54) is 19.3 Å². The van der Waals surface area contributed by atoms with E-state index in [2.05, 4.69) is 15.3 Å². The average molecular weight is 222 g/mol. The maximum atomic E-state index is 12.8. The fourth-order valence-electron chi connectivity index (χ4n) is 0.750. The van der Waals surface area contributed by atoms with Crippen LogP contribution in [0.15, 0.2) is 12.4 Å². The molecule has 0 aliphatic rings. The van der Waals surface area contributed by atoms with Crippen LogP contribution in [0.2, 0.25) is 5.15 Å². The average Bonchev–Trinajstić information content (AvgIpc) is 2.07. The van der Waals surface area contributed by atoms with Gasteiger partial charge in [0.15, 0.2) is 11.0 Å². The second-order valence-corrected chi connectivity index (χ2v) is 3.38. The fourth-order valence-corrected chi connectivity index (χ4v) is 0.909. The SMILES string of the molecule is CC(Nc1nccnc1Cl)C(C)(F)F. The smallest absolute Gasteiger partial charge is 0.264 e. The molecule has 0 saturated carbocycles. The van der Waals surface area contributed by atoms with Gasteiger partial charge in [0.2, 0.25) is 0 Å². The Hall–Kier alpha value is -0.970. The number of nitrogens with zero attached hydrogens (tertiary/aromatic N) is 2. The molecule has 0 aromatic carbocycles. The molecule has 78 valence electrons. The van der Waals surface area contributed by atoms with E-state index in [9.17, 15) is 8.78 Å². The van der Waals surface area contributed by atoms with Gasteiger partial charge in [-0.2, -0.15) is 0 Å². The summed E-state index contributed by atoms with van der Waals surface area (Å²) < 4.78 is 25.6. The summed E-state index contributed by atoms with van der Waals surface area (Å²) in [5.74, 6) is -2.66. The van der Waals surface area contributed by atoms with E-state index in [-0.39, 0.29) is 11.0 Å². The van der Waals surface area contributed by atoms with Crippen molar-refractivity contribution in [2.75, 3.05) is 5.32 Å². The van der Waals surface area contributed by atoms with Crippen molar-refractivity contribution >= 4 is 17.4 Å². The van der Waals surface area contributed by atoms with Gasteiger partial charge in [0.05, 0.1) is 6.04 Å². The molecular weight excluding hydrogens is 212 g/mol. The van der Waals surface area contributed by atoms with Gasteiger partial charge in [0, 0.05) is 19.3 Å². The quantitative estimate of drug-likeness (QED) is 0.853. The molecular formula is C8H10ClF2N3. The predicted molar refractivity (Wildman–Crippen MR) is 50.7 cm³/mol. The number of hydrogen-bond donors (Lipinski definition) is 1. The van der Waals surface area contributed by atoms with Crippen molar-refractivity contribution in [1.82, 2.24) is 9.97 Å². The van der Waals surface area contributed by atoms with E-state index in [0.29, 0.717) is 0 Å². The number of hydrogen-bond acceptors (Lipinski definition) is 3. The lowest BCUT2D eigenvalue weighted by molar-refractivity contribution is 0.00688. The summed E-state index contributed by atoms with van der Waals surface area (Å²) in [6.07, 6.45) is 2.77. The largest absolute Gasteiger partial charge is 0.359 e. The normalized spacial score (nSPS) is 13.8. The topological polar surface area (TPSA) is 37.8 Å². The Kier molecular flexibility index (Phi) is 3.21. The highest BCUT2D eigenvalue weighted by Crippen LogP contribution is 2.22. The number of anilines is 1. The molecule has 0 radical (unpaired) electrons. The van der Waals surface area contributed by atoms with Crippen LogP contribution in [-0.2, 0) is 0 Å². The van der Waals surface area contributed by atoms with Gasteiger partial charge in [-0.15, -0.1) is 0 Å². The highest BCUT2D eigenvalue weighted by molar-refractivity contribution is 6.31. The molecule has 0 fully saturated rings. The Morgan fingerprint density at radius 2 is 2.00 bits per heavy atom. The van der Waals surface area contributed by atoms with Crippen molar-refractivity contribution < 1.29 is 8.78 Å². The van der Waals surface area contributed by atoms with Crippen molar-refractivity contribution in [3.05, 3.63) is 17.5 Å². The monoisotopic (exact) mass is 221 g/mol. The molecule has 14 heavy (non-hydrogen) atoms. The van der Waals surface area contributed by atoms with E-state index < -0.39 is 12.0 Å². The van der Waals surface area contributed by atoms with Crippen LogP contribution >= 0.6 is 11.6 Å². The first kappa shape index (κ1) is 11.1. The second kappa shape index (κ2) is 4.04. The van der Waals surface area contributed by atoms with Crippen LogP contribution in [0.5, 0.6) is 0 Å². The first-order valence-corrected chi connectivity index (χ1v) is 4.40. The van der Waals surface area contributed by atoms with Crippen LogP contribution in [0, 0.1) is 0 Å². The van der Waals surface area contributed by atoms with Gasteiger partial charge in [0.25, 0.3) is 5.92 Å². The molecule has 1 heterocycles. The molecule has 1 atom stereocenters. The lowest BCUT2D eigenvalue weighted by Crippen LogP contribution is -2.34. The standard InChI is InChI=1S/C8H10ClF2N3/c1-5(8(2,10)11)14-7-6(9)12-3-4-13-7/h3-5H,1-2H3,(H,13,14). The molecule has 1 N–H and O–H groups in total. The van der Waals surface area contributed by atoms with E-state index in [1.54, 1.807) is 0 Å². The summed E-state index contributed by atoms with van der Waals surface area (Å²) in [7, 11) is 0. The number of rotatable bonds is 3. The minimum absolute atomic E-state index is 0.0867. The Morgan fingerprint density at radius 1 is 1.43 bits per heavy atom. The summed E-state index contributed by atoms with van der Waals surface area (Å²) in [6, 6.07) is -1.04. The summed E-state index contributed by atoms with van der Waals surface area (Å²) >= 11 is 5.64. The molecule has 0 spiro atoms. The zero-order valence-electron chi connectivity index (χ0n) is 7.76. The molecule has 1 unspecified atom stereocenters. The highest BCUT2D eigenvalue weighted by atomic mass is 35.5. The van der Waals surface area contributed by atoms with E-state index >= 15 is 0 Å². The zero-order chi connectivity index (χ0) is 10.8. The third kappa shape index (κ3) is 2.77. The molecule has 0 amide bonds. The van der Waals surface area contributed by atoms with Crippen LogP contribution in [0.4, 0.5) is 14.6 Å². The molecule has 1 aromatic heterocycles. The van der Waals surface area contributed by atoms with Gasteiger partial charge in [0.1, 0.15) is 0 Å². The van der Waals surface area contributed by atoms with Crippen molar-refractivity contribution in [2.45, 2.75) is 25.8 Å². The first-order valence-electron chi connectivity index (χ1n) is 4.02. The van der Waals surface area contributed by atoms with E-state index in [0.717, 1.165) is 6.92 Å². The van der Waals surface area contributed by atoms with E-state index in [4.69, 9.17) is 11.6 Å². The summed E-state index contributed by atoms with van der Waals surface area (Å²) in [4.78, 5) is 7.50. The summed E-state index contributed by atoms with van der Waals surface area (Å²) in [5, 5.41) is 2.58. The zero-order valence-corrected chi connectivity index (χ0v) is 8.52. The minimum Gasteiger partial charge on any atom is -0.359 e.